The number of fused-ring (bicyclic) bond motifs is 1. The van der Waals surface area contributed by atoms with E-state index in [1.165, 1.54) is 12.1 Å². The van der Waals surface area contributed by atoms with E-state index in [2.05, 4.69) is 0 Å². The Labute approximate surface area is 156 Å². The zero-order valence-electron chi connectivity index (χ0n) is 14.8. The van der Waals surface area contributed by atoms with E-state index in [0.717, 1.165) is 5.56 Å². The first-order valence-corrected chi connectivity index (χ1v) is 8.95. The maximum Gasteiger partial charge on any atom is 0.185 e. The number of nitrogens with zero attached hydrogens (tertiary/aromatic N) is 1. The molecule has 0 radical (unpaired) electrons. The molecule has 0 N–H and O–H groups in total. The molecule has 2 aliphatic rings. The summed E-state index contributed by atoms with van der Waals surface area (Å²) in [5.41, 5.74) is 1.64. The molecule has 0 amide bonds. The summed E-state index contributed by atoms with van der Waals surface area (Å²) in [6.45, 7) is 3.50. The van der Waals surface area contributed by atoms with Crippen molar-refractivity contribution in [3.8, 4) is 11.5 Å². The Balaban J connectivity index is 1.47. The molecule has 4 rings (SSSR count). The van der Waals surface area contributed by atoms with E-state index < -0.39 is 5.82 Å². The van der Waals surface area contributed by atoms with Crippen LogP contribution in [0.1, 0.15) is 15.9 Å². The van der Waals surface area contributed by atoms with Crippen molar-refractivity contribution >= 4 is 17.5 Å². The van der Waals surface area contributed by atoms with Gasteiger partial charge in [0.05, 0.1) is 18.9 Å². The second-order valence-electron chi connectivity index (χ2n) is 6.37. The van der Waals surface area contributed by atoms with E-state index in [4.69, 9.17) is 14.2 Å². The quantitative estimate of drug-likeness (QED) is 0.611. The van der Waals surface area contributed by atoms with Crippen molar-refractivity contribution < 1.29 is 23.4 Å². The maximum absolute atomic E-state index is 14.5. The summed E-state index contributed by atoms with van der Waals surface area (Å²) in [7, 11) is 0. The molecule has 2 heterocycles. The molecule has 0 bridgehead atoms. The molecule has 0 saturated carbocycles. The minimum absolute atomic E-state index is 0.252. The molecule has 27 heavy (non-hydrogen) atoms. The van der Waals surface area contributed by atoms with Crippen LogP contribution in [-0.4, -0.2) is 45.3 Å². The number of ether oxygens (including phenoxy) is 3. The fourth-order valence-corrected chi connectivity index (χ4v) is 3.15. The van der Waals surface area contributed by atoms with Crippen molar-refractivity contribution in [1.29, 1.82) is 0 Å². The molecule has 2 aliphatic heterocycles. The highest BCUT2D eigenvalue weighted by Crippen LogP contribution is 2.31. The van der Waals surface area contributed by atoms with Gasteiger partial charge in [0.2, 0.25) is 0 Å². The molecule has 0 aliphatic carbocycles. The summed E-state index contributed by atoms with van der Waals surface area (Å²) in [5, 5.41) is 0. The number of anilines is 1. The Morgan fingerprint density at radius 1 is 0.963 bits per heavy atom. The Bertz CT molecular complexity index is 874. The molecule has 2 aromatic rings. The van der Waals surface area contributed by atoms with E-state index in [-0.39, 0.29) is 5.78 Å². The molecule has 0 atom stereocenters. The minimum atomic E-state index is -0.393. The SMILES string of the molecule is O=C(/C=C/c1ccc2c(c1)OCCO2)c1ccc(N2CCOCC2)c(F)c1. The van der Waals surface area contributed by atoms with Crippen LogP contribution in [0.5, 0.6) is 11.5 Å². The third-order valence-electron chi connectivity index (χ3n) is 4.58. The van der Waals surface area contributed by atoms with Crippen LogP contribution < -0.4 is 14.4 Å². The summed E-state index contributed by atoms with van der Waals surface area (Å²) in [6, 6.07) is 10.1. The van der Waals surface area contributed by atoms with Crippen molar-refractivity contribution in [2.75, 3.05) is 44.4 Å². The zero-order valence-corrected chi connectivity index (χ0v) is 14.8. The van der Waals surface area contributed by atoms with Crippen LogP contribution in [0.4, 0.5) is 10.1 Å². The molecule has 1 fully saturated rings. The Kier molecular flexibility index (Phi) is 5.07. The van der Waals surface area contributed by atoms with Gasteiger partial charge in [0.15, 0.2) is 17.3 Å². The normalized spacial score (nSPS) is 16.6. The Hall–Kier alpha value is -2.86. The topological polar surface area (TPSA) is 48.0 Å². The highest BCUT2D eigenvalue weighted by atomic mass is 19.1. The number of ketones is 1. The monoisotopic (exact) mass is 369 g/mol. The number of hydrogen-bond donors (Lipinski definition) is 0. The number of rotatable bonds is 4. The summed E-state index contributed by atoms with van der Waals surface area (Å²) in [6.07, 6.45) is 3.13. The van der Waals surface area contributed by atoms with Crippen molar-refractivity contribution in [2.24, 2.45) is 0 Å². The van der Waals surface area contributed by atoms with Gasteiger partial charge >= 0.3 is 0 Å². The zero-order chi connectivity index (χ0) is 18.6. The molecule has 140 valence electrons. The highest BCUT2D eigenvalue weighted by molar-refractivity contribution is 6.07. The average Bonchev–Trinajstić information content (AvgIpc) is 2.72. The predicted octanol–water partition coefficient (Wildman–Crippen LogP) is 3.33. The Morgan fingerprint density at radius 2 is 1.74 bits per heavy atom. The second-order valence-corrected chi connectivity index (χ2v) is 6.37. The van der Waals surface area contributed by atoms with Gasteiger partial charge in [-0.1, -0.05) is 12.1 Å². The first kappa shape index (κ1) is 17.5. The smallest absolute Gasteiger partial charge is 0.185 e. The first-order chi connectivity index (χ1) is 13.2. The molecule has 6 heteroatoms. The van der Waals surface area contributed by atoms with E-state index in [0.29, 0.717) is 62.3 Å². The van der Waals surface area contributed by atoms with Crippen molar-refractivity contribution in [3.05, 3.63) is 59.4 Å². The van der Waals surface area contributed by atoms with E-state index in [1.807, 2.05) is 23.1 Å². The molecule has 5 nitrogen and oxygen atoms in total. The lowest BCUT2D eigenvalue weighted by atomic mass is 10.1. The molecule has 1 saturated heterocycles. The summed E-state index contributed by atoms with van der Waals surface area (Å²) < 4.78 is 30.8. The maximum atomic E-state index is 14.5. The Morgan fingerprint density at radius 3 is 2.52 bits per heavy atom. The molecule has 0 spiro atoms. The number of hydrogen-bond acceptors (Lipinski definition) is 5. The van der Waals surface area contributed by atoms with Gasteiger partial charge < -0.3 is 19.1 Å². The number of carbonyl (C=O) groups is 1. The fourth-order valence-electron chi connectivity index (χ4n) is 3.15. The largest absolute Gasteiger partial charge is 0.486 e. The van der Waals surface area contributed by atoms with Crippen molar-refractivity contribution in [1.82, 2.24) is 0 Å². The van der Waals surface area contributed by atoms with Gasteiger partial charge in [-0.2, -0.15) is 0 Å². The third kappa shape index (κ3) is 3.95. The lowest BCUT2D eigenvalue weighted by Gasteiger charge is -2.29. The van der Waals surface area contributed by atoms with Crippen LogP contribution >= 0.6 is 0 Å². The van der Waals surface area contributed by atoms with Gasteiger partial charge in [0, 0.05) is 18.7 Å². The van der Waals surface area contributed by atoms with E-state index in [9.17, 15) is 9.18 Å². The van der Waals surface area contributed by atoms with E-state index >= 15 is 0 Å². The average molecular weight is 369 g/mol. The fraction of sp³-hybridized carbons (Fsp3) is 0.286. The van der Waals surface area contributed by atoms with Gasteiger partial charge in [-0.3, -0.25) is 4.79 Å². The number of carbonyl (C=O) groups excluding carboxylic acids is 1. The number of halogens is 1. The van der Waals surface area contributed by atoms with Crippen molar-refractivity contribution in [2.45, 2.75) is 0 Å². The van der Waals surface area contributed by atoms with E-state index in [1.54, 1.807) is 18.2 Å². The predicted molar refractivity (Wildman–Crippen MR) is 100 cm³/mol. The van der Waals surface area contributed by atoms with Crippen LogP contribution in [0.3, 0.4) is 0 Å². The summed E-state index contributed by atoms with van der Waals surface area (Å²) in [5.74, 6) is 0.718. The number of morpholine rings is 1. The summed E-state index contributed by atoms with van der Waals surface area (Å²) in [4.78, 5) is 14.3. The molecule has 0 aromatic heterocycles. The standard InChI is InChI=1S/C21H20FNO4/c22-17-14-16(3-4-18(17)23-7-9-25-10-8-23)19(24)5-1-15-2-6-20-21(13-15)27-12-11-26-20/h1-6,13-14H,7-12H2/b5-1+. The van der Waals surface area contributed by atoms with Crippen LogP contribution in [0.2, 0.25) is 0 Å². The van der Waals surface area contributed by atoms with Crippen molar-refractivity contribution in [3.63, 3.8) is 0 Å². The number of allylic oxidation sites excluding steroid dienone is 1. The second kappa shape index (κ2) is 7.80. The molecular formula is C21H20FNO4. The van der Waals surface area contributed by atoms with Gasteiger partial charge in [-0.25, -0.2) is 4.39 Å². The number of benzene rings is 2. The minimum Gasteiger partial charge on any atom is -0.486 e. The van der Waals surface area contributed by atoms with Crippen LogP contribution in [0, 0.1) is 5.82 Å². The lowest BCUT2D eigenvalue weighted by Crippen LogP contribution is -2.36. The van der Waals surface area contributed by atoms with Gasteiger partial charge in [-0.15, -0.1) is 0 Å². The third-order valence-corrected chi connectivity index (χ3v) is 4.58. The van der Waals surface area contributed by atoms with Crippen LogP contribution in [0.25, 0.3) is 6.08 Å². The molecule has 0 unspecified atom stereocenters. The lowest BCUT2D eigenvalue weighted by molar-refractivity contribution is 0.104. The van der Waals surface area contributed by atoms with Crippen LogP contribution in [-0.2, 0) is 4.74 Å². The summed E-state index contributed by atoms with van der Waals surface area (Å²) >= 11 is 0. The highest BCUT2D eigenvalue weighted by Gasteiger charge is 2.16. The van der Waals surface area contributed by atoms with Crippen LogP contribution in [0.15, 0.2) is 42.5 Å². The molecular weight excluding hydrogens is 349 g/mol. The molecule has 2 aromatic carbocycles. The van der Waals surface area contributed by atoms with Gasteiger partial charge in [-0.05, 0) is 42.0 Å². The first-order valence-electron chi connectivity index (χ1n) is 8.95. The van der Waals surface area contributed by atoms with Gasteiger partial charge in [0.25, 0.3) is 0 Å². The van der Waals surface area contributed by atoms with Gasteiger partial charge in [0.1, 0.15) is 19.0 Å².